The van der Waals surface area contributed by atoms with Gasteiger partial charge >= 0.3 is 0 Å². The molecule has 0 unspecified atom stereocenters. The van der Waals surface area contributed by atoms with Crippen LogP contribution in [0.4, 0.5) is 0 Å². The number of aromatic nitrogens is 2. The normalized spacial score (nSPS) is 11.9. The maximum atomic E-state index is 11.1. The van der Waals surface area contributed by atoms with E-state index in [1.807, 2.05) is 50.2 Å². The Bertz CT molecular complexity index is 1510. The minimum absolute atomic E-state index is 0.144. The Kier molecular flexibility index (Phi) is 3.28. The fourth-order valence-electron chi connectivity index (χ4n) is 4.94. The number of aromatic hydroxyl groups is 2. The first kappa shape index (κ1) is 17.0. The van der Waals surface area contributed by atoms with Gasteiger partial charge in [-0.3, -0.25) is 0 Å². The molecule has 146 valence electrons. The van der Waals surface area contributed by atoms with Gasteiger partial charge in [0.25, 0.3) is 0 Å². The Morgan fingerprint density at radius 2 is 1.00 bits per heavy atom. The first-order valence-electron chi connectivity index (χ1n) is 10.0. The van der Waals surface area contributed by atoms with Crippen LogP contribution in [0.1, 0.15) is 11.1 Å². The second-order valence-corrected chi connectivity index (χ2v) is 8.02. The van der Waals surface area contributed by atoms with Gasteiger partial charge in [0.1, 0.15) is 11.5 Å². The molecule has 0 atom stereocenters. The summed E-state index contributed by atoms with van der Waals surface area (Å²) < 4.78 is 0. The van der Waals surface area contributed by atoms with Crippen molar-refractivity contribution in [1.82, 2.24) is 9.97 Å². The highest BCUT2D eigenvalue weighted by atomic mass is 16.3. The van der Waals surface area contributed by atoms with Crippen molar-refractivity contribution in [2.45, 2.75) is 13.8 Å². The van der Waals surface area contributed by atoms with Crippen LogP contribution in [0.5, 0.6) is 11.5 Å². The van der Waals surface area contributed by atoms with Crippen LogP contribution < -0.4 is 0 Å². The molecule has 0 radical (unpaired) electrons. The summed E-state index contributed by atoms with van der Waals surface area (Å²) in [4.78, 5) is 6.96. The van der Waals surface area contributed by atoms with Crippen LogP contribution in [-0.2, 0) is 0 Å². The van der Waals surface area contributed by atoms with Gasteiger partial charge in [-0.15, -0.1) is 0 Å². The lowest BCUT2D eigenvalue weighted by Crippen LogP contribution is -1.89. The standard InChI is InChI=1S/C26H20N2O2/c1-13-11-19(29)23(25-21(13)15-7-3-5-9-17(15)27-25)24-20(30)12-14(2)22-16-8-4-6-10-18(16)28-26(22)24/h3-12,27-30H,1-2H3. The molecule has 6 aromatic rings. The number of H-pyrrole nitrogens is 2. The van der Waals surface area contributed by atoms with Gasteiger partial charge in [-0.1, -0.05) is 36.4 Å². The third kappa shape index (κ3) is 2.10. The monoisotopic (exact) mass is 392 g/mol. The van der Waals surface area contributed by atoms with Gasteiger partial charge in [-0.05, 0) is 49.2 Å². The number of aryl methyl sites for hydroxylation is 2. The fraction of sp³-hybridized carbons (Fsp3) is 0.0769. The zero-order valence-electron chi connectivity index (χ0n) is 16.7. The second kappa shape index (κ2) is 5.80. The third-order valence-corrected chi connectivity index (χ3v) is 6.17. The Balaban J connectivity index is 1.85. The second-order valence-electron chi connectivity index (χ2n) is 8.02. The summed E-state index contributed by atoms with van der Waals surface area (Å²) in [6, 6.07) is 19.8. The number of hydrogen-bond acceptors (Lipinski definition) is 2. The Morgan fingerprint density at radius 1 is 0.600 bits per heavy atom. The molecule has 6 rings (SSSR count). The number of aromatic amines is 2. The molecule has 0 saturated carbocycles. The van der Waals surface area contributed by atoms with E-state index in [1.54, 1.807) is 12.1 Å². The third-order valence-electron chi connectivity index (χ3n) is 6.17. The predicted octanol–water partition coefficient (Wildman–Crippen LogP) is 6.65. The van der Waals surface area contributed by atoms with E-state index in [0.717, 1.165) is 54.7 Å². The fourth-order valence-corrected chi connectivity index (χ4v) is 4.94. The zero-order valence-corrected chi connectivity index (χ0v) is 16.7. The first-order valence-corrected chi connectivity index (χ1v) is 10.0. The molecule has 0 aliphatic rings. The minimum Gasteiger partial charge on any atom is -0.507 e. The zero-order chi connectivity index (χ0) is 20.6. The molecule has 2 aromatic heterocycles. The van der Waals surface area contributed by atoms with Crippen LogP contribution >= 0.6 is 0 Å². The lowest BCUT2D eigenvalue weighted by molar-refractivity contribution is 0.469. The Hall–Kier alpha value is -3.92. The number of phenolic OH excluding ortho intramolecular Hbond substituents is 2. The highest BCUT2D eigenvalue weighted by Crippen LogP contribution is 2.48. The van der Waals surface area contributed by atoms with Crippen molar-refractivity contribution in [2.75, 3.05) is 0 Å². The van der Waals surface area contributed by atoms with E-state index >= 15 is 0 Å². The molecule has 0 amide bonds. The number of nitrogens with one attached hydrogen (secondary N) is 2. The average molecular weight is 392 g/mol. The molecule has 0 fully saturated rings. The topological polar surface area (TPSA) is 72.0 Å². The van der Waals surface area contributed by atoms with E-state index in [1.165, 1.54) is 0 Å². The molecule has 2 heterocycles. The van der Waals surface area contributed by atoms with Crippen molar-refractivity contribution in [3.63, 3.8) is 0 Å². The number of rotatable bonds is 1. The average Bonchev–Trinajstić information content (AvgIpc) is 3.29. The Labute approximate surface area is 172 Å². The van der Waals surface area contributed by atoms with Gasteiger partial charge < -0.3 is 20.2 Å². The predicted molar refractivity (Wildman–Crippen MR) is 123 cm³/mol. The lowest BCUT2D eigenvalue weighted by atomic mass is 9.93. The summed E-state index contributed by atoms with van der Waals surface area (Å²) in [5, 5.41) is 26.4. The van der Waals surface area contributed by atoms with E-state index in [4.69, 9.17) is 0 Å². The van der Waals surface area contributed by atoms with E-state index in [-0.39, 0.29) is 11.5 Å². The first-order chi connectivity index (χ1) is 14.5. The summed E-state index contributed by atoms with van der Waals surface area (Å²) >= 11 is 0. The van der Waals surface area contributed by atoms with E-state index < -0.39 is 0 Å². The molecular weight excluding hydrogens is 372 g/mol. The largest absolute Gasteiger partial charge is 0.507 e. The number of para-hydroxylation sites is 2. The molecule has 4 nitrogen and oxygen atoms in total. The molecule has 0 aliphatic heterocycles. The molecule has 0 saturated heterocycles. The maximum Gasteiger partial charge on any atom is 0.126 e. The van der Waals surface area contributed by atoms with Gasteiger partial charge in [0.2, 0.25) is 0 Å². The molecule has 4 heteroatoms. The highest BCUT2D eigenvalue weighted by Gasteiger charge is 2.23. The highest BCUT2D eigenvalue weighted by molar-refractivity contribution is 6.20. The molecule has 0 bridgehead atoms. The van der Waals surface area contributed by atoms with Gasteiger partial charge in [-0.25, -0.2) is 0 Å². The number of phenols is 2. The van der Waals surface area contributed by atoms with Crippen LogP contribution in [0.2, 0.25) is 0 Å². The summed E-state index contributed by atoms with van der Waals surface area (Å²) in [6.07, 6.45) is 0. The van der Waals surface area contributed by atoms with E-state index in [9.17, 15) is 10.2 Å². The van der Waals surface area contributed by atoms with Crippen LogP contribution in [-0.4, -0.2) is 20.2 Å². The van der Waals surface area contributed by atoms with E-state index in [0.29, 0.717) is 11.1 Å². The van der Waals surface area contributed by atoms with Crippen LogP contribution in [0.3, 0.4) is 0 Å². The summed E-state index contributed by atoms with van der Waals surface area (Å²) in [6.45, 7) is 4.00. The van der Waals surface area contributed by atoms with Gasteiger partial charge in [0.15, 0.2) is 0 Å². The maximum absolute atomic E-state index is 11.1. The number of fused-ring (bicyclic) bond motifs is 6. The van der Waals surface area contributed by atoms with Crippen molar-refractivity contribution < 1.29 is 10.2 Å². The quantitative estimate of drug-likeness (QED) is 0.253. The van der Waals surface area contributed by atoms with E-state index in [2.05, 4.69) is 22.1 Å². The number of benzene rings is 4. The summed E-state index contributed by atoms with van der Waals surface area (Å²) in [5.74, 6) is 0.288. The molecule has 30 heavy (non-hydrogen) atoms. The molecule has 4 aromatic carbocycles. The smallest absolute Gasteiger partial charge is 0.126 e. The summed E-state index contributed by atoms with van der Waals surface area (Å²) in [5.41, 5.74) is 6.86. The van der Waals surface area contributed by atoms with Crippen molar-refractivity contribution in [3.8, 4) is 22.6 Å². The van der Waals surface area contributed by atoms with Gasteiger partial charge in [-0.2, -0.15) is 0 Å². The van der Waals surface area contributed by atoms with Crippen molar-refractivity contribution >= 4 is 43.6 Å². The lowest BCUT2D eigenvalue weighted by Gasteiger charge is -2.13. The van der Waals surface area contributed by atoms with Crippen molar-refractivity contribution in [1.29, 1.82) is 0 Å². The van der Waals surface area contributed by atoms with Crippen molar-refractivity contribution in [2.24, 2.45) is 0 Å². The Morgan fingerprint density at radius 3 is 1.43 bits per heavy atom. The van der Waals surface area contributed by atoms with Crippen LogP contribution in [0, 0.1) is 13.8 Å². The van der Waals surface area contributed by atoms with Crippen molar-refractivity contribution in [3.05, 3.63) is 71.8 Å². The van der Waals surface area contributed by atoms with Crippen LogP contribution in [0.15, 0.2) is 60.7 Å². The van der Waals surface area contributed by atoms with Gasteiger partial charge in [0.05, 0.1) is 22.2 Å². The molecule has 4 N–H and O–H groups in total. The van der Waals surface area contributed by atoms with Gasteiger partial charge in [0, 0.05) is 32.6 Å². The SMILES string of the molecule is Cc1cc(O)c(-c2c(O)cc(C)c3c2[nH]c2ccccc23)c2[nH]c3ccccc3c12. The molecular formula is C26H20N2O2. The van der Waals surface area contributed by atoms with Crippen LogP contribution in [0.25, 0.3) is 54.7 Å². The summed E-state index contributed by atoms with van der Waals surface area (Å²) in [7, 11) is 0. The minimum atomic E-state index is 0.144. The molecule has 0 aliphatic carbocycles. The number of hydrogen-bond donors (Lipinski definition) is 4. The molecule has 0 spiro atoms.